The largest absolute Gasteiger partial charge is 0.496 e. The maximum absolute atomic E-state index is 5.30. The molecule has 0 spiro atoms. The van der Waals surface area contributed by atoms with E-state index in [1.54, 1.807) is 7.11 Å². The minimum Gasteiger partial charge on any atom is -0.496 e. The third-order valence-electron chi connectivity index (χ3n) is 3.46. The van der Waals surface area contributed by atoms with E-state index in [0.29, 0.717) is 12.0 Å². The summed E-state index contributed by atoms with van der Waals surface area (Å²) < 4.78 is 6.33. The second-order valence-corrected chi connectivity index (χ2v) is 5.95. The minimum atomic E-state index is 0.419. The monoisotopic (exact) mass is 327 g/mol. The molecule has 0 radical (unpaired) electrons. The highest BCUT2D eigenvalue weighted by Gasteiger charge is 2.18. The average Bonchev–Trinajstić information content (AvgIpc) is 2.39. The van der Waals surface area contributed by atoms with Gasteiger partial charge >= 0.3 is 0 Å². The van der Waals surface area contributed by atoms with Crippen LogP contribution in [0.1, 0.15) is 51.6 Å². The van der Waals surface area contributed by atoms with Crippen molar-refractivity contribution in [3.63, 3.8) is 0 Å². The summed E-state index contributed by atoms with van der Waals surface area (Å²) in [6.07, 6.45) is 3.63. The molecule has 2 nitrogen and oxygen atoms in total. The summed E-state index contributed by atoms with van der Waals surface area (Å²) in [7, 11) is 1.70. The highest BCUT2D eigenvalue weighted by atomic mass is 79.9. The Labute approximate surface area is 126 Å². The summed E-state index contributed by atoms with van der Waals surface area (Å²) in [5.41, 5.74) is 1.34. The van der Waals surface area contributed by atoms with Crippen molar-refractivity contribution >= 4 is 15.9 Å². The molecule has 3 heteroatoms. The highest BCUT2D eigenvalue weighted by Crippen LogP contribution is 2.32. The third-order valence-corrected chi connectivity index (χ3v) is 4.08. The Bertz CT molecular complexity index is 381. The van der Waals surface area contributed by atoms with Crippen LogP contribution >= 0.6 is 15.9 Å². The van der Waals surface area contributed by atoms with Crippen LogP contribution in [-0.2, 0) is 0 Å². The molecule has 0 fully saturated rings. The molecule has 0 aliphatic heterocycles. The first-order valence-corrected chi connectivity index (χ1v) is 8.00. The molecule has 1 N–H and O–H groups in total. The Kier molecular flexibility index (Phi) is 7.47. The van der Waals surface area contributed by atoms with E-state index < -0.39 is 0 Å². The summed E-state index contributed by atoms with van der Waals surface area (Å²) in [6, 6.07) is 6.81. The minimum absolute atomic E-state index is 0.419. The van der Waals surface area contributed by atoms with Gasteiger partial charge in [0.15, 0.2) is 0 Å². The predicted molar refractivity (Wildman–Crippen MR) is 85.8 cm³/mol. The van der Waals surface area contributed by atoms with Gasteiger partial charge in [-0.2, -0.15) is 0 Å². The first-order chi connectivity index (χ1) is 9.13. The topological polar surface area (TPSA) is 21.3 Å². The van der Waals surface area contributed by atoms with E-state index in [1.807, 2.05) is 6.07 Å². The first kappa shape index (κ1) is 16.5. The van der Waals surface area contributed by atoms with Gasteiger partial charge in [0.2, 0.25) is 0 Å². The zero-order valence-corrected chi connectivity index (χ0v) is 14.1. The Hall–Kier alpha value is -0.540. The molecular weight excluding hydrogens is 302 g/mol. The Morgan fingerprint density at radius 1 is 1.26 bits per heavy atom. The lowest BCUT2D eigenvalue weighted by molar-refractivity contribution is 0.362. The Morgan fingerprint density at radius 2 is 2.00 bits per heavy atom. The normalized spacial score (nSPS) is 14.2. The average molecular weight is 328 g/mol. The summed E-state index contributed by atoms with van der Waals surface area (Å²) in [4.78, 5) is 0. The van der Waals surface area contributed by atoms with Gasteiger partial charge in [-0.15, -0.1) is 0 Å². The van der Waals surface area contributed by atoms with Gasteiger partial charge in [0.1, 0.15) is 5.75 Å². The molecule has 1 aromatic carbocycles. The number of halogens is 1. The highest BCUT2D eigenvalue weighted by molar-refractivity contribution is 9.10. The molecule has 2 unspecified atom stereocenters. The predicted octanol–water partition coefficient (Wildman–Crippen LogP) is 4.93. The Morgan fingerprint density at radius 3 is 2.53 bits per heavy atom. The number of rotatable bonds is 8. The molecule has 1 rings (SSSR count). The van der Waals surface area contributed by atoms with Crippen LogP contribution in [0.5, 0.6) is 5.75 Å². The molecule has 2 atom stereocenters. The number of ether oxygens (including phenoxy) is 1. The van der Waals surface area contributed by atoms with Gasteiger partial charge in [-0.25, -0.2) is 0 Å². The number of nitrogens with one attached hydrogen (secondary N) is 1. The number of benzene rings is 1. The van der Waals surface area contributed by atoms with Crippen molar-refractivity contribution in [2.24, 2.45) is 5.92 Å². The van der Waals surface area contributed by atoms with E-state index in [2.05, 4.69) is 54.2 Å². The van der Waals surface area contributed by atoms with Crippen molar-refractivity contribution < 1.29 is 4.74 Å². The van der Waals surface area contributed by atoms with Gasteiger partial charge in [-0.1, -0.05) is 33.3 Å². The van der Waals surface area contributed by atoms with Gasteiger partial charge in [-0.3, -0.25) is 0 Å². The number of hydrogen-bond donors (Lipinski definition) is 1. The Balaban J connectivity index is 2.92. The van der Waals surface area contributed by atoms with Gasteiger partial charge in [0, 0.05) is 6.04 Å². The molecule has 0 aliphatic rings. The van der Waals surface area contributed by atoms with Crippen molar-refractivity contribution in [3.8, 4) is 5.75 Å². The summed E-state index contributed by atoms with van der Waals surface area (Å²) >= 11 is 3.58. The van der Waals surface area contributed by atoms with Crippen molar-refractivity contribution in [1.82, 2.24) is 5.32 Å². The van der Waals surface area contributed by atoms with Gasteiger partial charge in [0.25, 0.3) is 0 Å². The quantitative estimate of drug-likeness (QED) is 0.730. The molecule has 108 valence electrons. The lowest BCUT2D eigenvalue weighted by Gasteiger charge is -2.26. The maximum Gasteiger partial charge on any atom is 0.133 e. The molecule has 0 saturated carbocycles. The SMILES string of the molecule is CCCNC(c1ccc(OC)c(Br)c1)C(C)CCC. The summed E-state index contributed by atoms with van der Waals surface area (Å²) in [5.74, 6) is 1.53. The second-order valence-electron chi connectivity index (χ2n) is 5.09. The molecular formula is C16H26BrNO. The van der Waals surface area contributed by atoms with Crippen LogP contribution in [-0.4, -0.2) is 13.7 Å². The van der Waals surface area contributed by atoms with Crippen molar-refractivity contribution in [2.45, 2.75) is 46.1 Å². The van der Waals surface area contributed by atoms with E-state index in [0.717, 1.165) is 23.2 Å². The molecule has 19 heavy (non-hydrogen) atoms. The van der Waals surface area contributed by atoms with Gasteiger partial charge in [0.05, 0.1) is 11.6 Å². The van der Waals surface area contributed by atoms with Crippen molar-refractivity contribution in [3.05, 3.63) is 28.2 Å². The molecule has 0 aromatic heterocycles. The van der Waals surface area contributed by atoms with Crippen LogP contribution in [0.4, 0.5) is 0 Å². The lowest BCUT2D eigenvalue weighted by Crippen LogP contribution is -2.27. The van der Waals surface area contributed by atoms with Crippen molar-refractivity contribution in [1.29, 1.82) is 0 Å². The fourth-order valence-corrected chi connectivity index (χ4v) is 3.00. The standard InChI is InChI=1S/C16H26BrNO/c1-5-7-12(3)16(18-10-6-2)13-8-9-15(19-4)14(17)11-13/h8-9,11-12,16,18H,5-7,10H2,1-4H3. The lowest BCUT2D eigenvalue weighted by atomic mass is 9.91. The zero-order valence-electron chi connectivity index (χ0n) is 12.5. The number of methoxy groups -OCH3 is 1. The fourth-order valence-electron chi connectivity index (χ4n) is 2.45. The van der Waals surface area contributed by atoms with Gasteiger partial charge in [-0.05, 0) is 58.9 Å². The van der Waals surface area contributed by atoms with E-state index in [4.69, 9.17) is 4.74 Å². The molecule has 0 bridgehead atoms. The fraction of sp³-hybridized carbons (Fsp3) is 0.625. The van der Waals surface area contributed by atoms with Crippen LogP contribution in [0.3, 0.4) is 0 Å². The first-order valence-electron chi connectivity index (χ1n) is 7.20. The summed E-state index contributed by atoms with van der Waals surface area (Å²) in [6.45, 7) is 7.84. The second kappa shape index (κ2) is 8.60. The molecule has 0 heterocycles. The van der Waals surface area contributed by atoms with Crippen molar-refractivity contribution in [2.75, 3.05) is 13.7 Å². The zero-order chi connectivity index (χ0) is 14.3. The number of hydrogen-bond acceptors (Lipinski definition) is 2. The van der Waals surface area contributed by atoms with Crippen LogP contribution in [0.15, 0.2) is 22.7 Å². The molecule has 0 aliphatic carbocycles. The smallest absolute Gasteiger partial charge is 0.133 e. The third kappa shape index (κ3) is 4.81. The molecule has 0 amide bonds. The molecule has 1 aromatic rings. The van der Waals surface area contributed by atoms with E-state index in [-0.39, 0.29) is 0 Å². The van der Waals surface area contributed by atoms with Gasteiger partial charge < -0.3 is 10.1 Å². The van der Waals surface area contributed by atoms with Crippen LogP contribution in [0, 0.1) is 5.92 Å². The van der Waals surface area contributed by atoms with E-state index >= 15 is 0 Å². The summed E-state index contributed by atoms with van der Waals surface area (Å²) in [5, 5.41) is 3.67. The molecule has 0 saturated heterocycles. The maximum atomic E-state index is 5.30. The van der Waals surface area contributed by atoms with E-state index in [1.165, 1.54) is 18.4 Å². The van der Waals surface area contributed by atoms with E-state index in [9.17, 15) is 0 Å². The van der Waals surface area contributed by atoms with Crippen LogP contribution in [0.25, 0.3) is 0 Å². The van der Waals surface area contributed by atoms with Crippen LogP contribution in [0.2, 0.25) is 0 Å². The van der Waals surface area contributed by atoms with Crippen LogP contribution < -0.4 is 10.1 Å².